The van der Waals surface area contributed by atoms with Gasteiger partial charge in [-0.15, -0.1) is 24.0 Å². The Morgan fingerprint density at radius 2 is 1.95 bits per heavy atom. The van der Waals surface area contributed by atoms with Gasteiger partial charge in [-0.3, -0.25) is 9.98 Å². The highest BCUT2D eigenvalue weighted by molar-refractivity contribution is 14.0. The molecule has 0 saturated heterocycles. The van der Waals surface area contributed by atoms with E-state index in [2.05, 4.69) is 34.5 Å². The van der Waals surface area contributed by atoms with E-state index >= 15 is 0 Å². The van der Waals surface area contributed by atoms with Crippen LogP contribution in [0, 0.1) is 5.92 Å². The van der Waals surface area contributed by atoms with Crippen LogP contribution in [0.15, 0.2) is 29.5 Å². The second-order valence-electron chi connectivity index (χ2n) is 5.13. The molecule has 0 fully saturated rings. The van der Waals surface area contributed by atoms with E-state index in [-0.39, 0.29) is 24.0 Å². The average Bonchev–Trinajstić information content (AvgIpc) is 2.45. The highest BCUT2D eigenvalue weighted by Crippen LogP contribution is 2.10. The maximum Gasteiger partial charge on any atom is 0.191 e. The van der Waals surface area contributed by atoms with Crippen molar-refractivity contribution in [3.63, 3.8) is 0 Å². The predicted octanol–water partition coefficient (Wildman–Crippen LogP) is 2.33. The first-order valence-corrected chi connectivity index (χ1v) is 7.23. The molecule has 0 aliphatic heterocycles. The summed E-state index contributed by atoms with van der Waals surface area (Å²) in [5.41, 5.74) is 0.835. The fraction of sp³-hybridized carbons (Fsp3) is 0.600. The Morgan fingerprint density at radius 3 is 2.52 bits per heavy atom. The molecule has 1 aromatic rings. The van der Waals surface area contributed by atoms with Crippen molar-refractivity contribution in [2.24, 2.45) is 10.9 Å². The molecule has 1 rings (SSSR count). The summed E-state index contributed by atoms with van der Waals surface area (Å²) in [5.74, 6) is 1.41. The molecule has 0 amide bonds. The molecule has 0 aliphatic rings. The van der Waals surface area contributed by atoms with Gasteiger partial charge in [0.2, 0.25) is 0 Å². The Labute approximate surface area is 144 Å². The predicted molar refractivity (Wildman–Crippen MR) is 98.0 cm³/mol. The Morgan fingerprint density at radius 1 is 1.29 bits per heavy atom. The molecule has 0 saturated carbocycles. The number of rotatable bonds is 7. The van der Waals surface area contributed by atoms with E-state index in [0.29, 0.717) is 12.5 Å². The third-order valence-electron chi connectivity index (χ3n) is 2.87. The topological polar surface area (TPSA) is 69.5 Å². The fourth-order valence-corrected chi connectivity index (χ4v) is 1.69. The summed E-state index contributed by atoms with van der Waals surface area (Å²) in [6.45, 7) is 8.44. The summed E-state index contributed by atoms with van der Waals surface area (Å²) < 4.78 is 0. The minimum Gasteiger partial charge on any atom is -0.386 e. The summed E-state index contributed by atoms with van der Waals surface area (Å²) in [6.07, 6.45) is 3.85. The number of aliphatic imine (C=N–C) groups is 1. The lowest BCUT2D eigenvalue weighted by atomic mass is 10.1. The van der Waals surface area contributed by atoms with E-state index in [1.807, 2.05) is 6.92 Å². The third-order valence-corrected chi connectivity index (χ3v) is 2.87. The summed E-state index contributed by atoms with van der Waals surface area (Å²) in [6, 6.07) is 3.61. The van der Waals surface area contributed by atoms with Gasteiger partial charge in [0.15, 0.2) is 5.96 Å². The number of hydrogen-bond donors (Lipinski definition) is 3. The molecule has 0 spiro atoms. The Bertz CT molecular complexity index is 398. The summed E-state index contributed by atoms with van der Waals surface area (Å²) in [4.78, 5) is 8.35. The third kappa shape index (κ3) is 8.87. The van der Waals surface area contributed by atoms with Gasteiger partial charge < -0.3 is 15.7 Å². The van der Waals surface area contributed by atoms with Gasteiger partial charge in [-0.1, -0.05) is 13.8 Å². The van der Waals surface area contributed by atoms with Crippen molar-refractivity contribution in [1.82, 2.24) is 15.6 Å². The molecule has 3 N–H and O–H groups in total. The van der Waals surface area contributed by atoms with Crippen LogP contribution < -0.4 is 10.6 Å². The smallest absolute Gasteiger partial charge is 0.191 e. The first-order chi connectivity index (χ1) is 9.63. The number of aliphatic hydroxyl groups excluding tert-OH is 1. The SMILES string of the molecule is CCNC(=NCC(O)c1ccncc1)NCCC(C)C.I. The monoisotopic (exact) mass is 406 g/mol. The zero-order valence-corrected chi connectivity index (χ0v) is 15.4. The Hall–Kier alpha value is -0.890. The van der Waals surface area contributed by atoms with Crippen molar-refractivity contribution >= 4 is 29.9 Å². The average molecular weight is 406 g/mol. The number of hydrogen-bond acceptors (Lipinski definition) is 3. The number of halogens is 1. The van der Waals surface area contributed by atoms with E-state index in [9.17, 15) is 5.11 Å². The molecule has 6 heteroatoms. The molecular weight excluding hydrogens is 379 g/mol. The second kappa shape index (κ2) is 11.7. The van der Waals surface area contributed by atoms with Crippen LogP contribution in [0.5, 0.6) is 0 Å². The lowest BCUT2D eigenvalue weighted by Crippen LogP contribution is -2.38. The second-order valence-corrected chi connectivity index (χ2v) is 5.13. The molecule has 5 nitrogen and oxygen atoms in total. The maximum atomic E-state index is 10.1. The van der Waals surface area contributed by atoms with Crippen LogP contribution in [0.25, 0.3) is 0 Å². The maximum absolute atomic E-state index is 10.1. The highest BCUT2D eigenvalue weighted by atomic mass is 127. The molecular formula is C15H27IN4O. The molecule has 0 aromatic carbocycles. The van der Waals surface area contributed by atoms with Crippen molar-refractivity contribution in [2.45, 2.75) is 33.3 Å². The van der Waals surface area contributed by atoms with Gasteiger partial charge >= 0.3 is 0 Å². The first kappa shape index (κ1) is 20.1. The Kier molecular flexibility index (Phi) is 11.2. The summed E-state index contributed by atoms with van der Waals surface area (Å²) in [7, 11) is 0. The number of guanidine groups is 1. The molecule has 0 radical (unpaired) electrons. The van der Waals surface area contributed by atoms with Crippen LogP contribution in [0.3, 0.4) is 0 Å². The van der Waals surface area contributed by atoms with Gasteiger partial charge in [0.05, 0.1) is 12.6 Å². The van der Waals surface area contributed by atoms with Crippen molar-refractivity contribution in [3.05, 3.63) is 30.1 Å². The van der Waals surface area contributed by atoms with Crippen LogP contribution >= 0.6 is 24.0 Å². The van der Waals surface area contributed by atoms with Gasteiger partial charge in [0, 0.05) is 25.5 Å². The van der Waals surface area contributed by atoms with Gasteiger partial charge in [0.25, 0.3) is 0 Å². The zero-order chi connectivity index (χ0) is 14.8. The molecule has 120 valence electrons. The molecule has 0 aliphatic carbocycles. The standard InChI is InChI=1S/C15H26N4O.HI/c1-4-17-15(18-10-5-12(2)3)19-11-14(20)13-6-8-16-9-7-13;/h6-9,12,14,20H,4-5,10-11H2,1-3H3,(H2,17,18,19);1H. The van der Waals surface area contributed by atoms with Crippen molar-refractivity contribution in [2.75, 3.05) is 19.6 Å². The van der Waals surface area contributed by atoms with Crippen LogP contribution in [0.2, 0.25) is 0 Å². The van der Waals surface area contributed by atoms with Crippen molar-refractivity contribution in [3.8, 4) is 0 Å². The van der Waals surface area contributed by atoms with Gasteiger partial charge in [-0.2, -0.15) is 0 Å². The van der Waals surface area contributed by atoms with Crippen LogP contribution in [0.1, 0.15) is 38.9 Å². The van der Waals surface area contributed by atoms with Crippen molar-refractivity contribution < 1.29 is 5.11 Å². The fourth-order valence-electron chi connectivity index (χ4n) is 1.69. The molecule has 1 aromatic heterocycles. The number of aliphatic hydroxyl groups is 1. The molecule has 1 atom stereocenters. The lowest BCUT2D eigenvalue weighted by Gasteiger charge is -2.14. The van der Waals surface area contributed by atoms with Crippen LogP contribution in [0.4, 0.5) is 0 Å². The molecule has 1 unspecified atom stereocenters. The van der Waals surface area contributed by atoms with Gasteiger partial charge in [-0.25, -0.2) is 0 Å². The quantitative estimate of drug-likeness (QED) is 0.369. The van der Waals surface area contributed by atoms with E-state index in [1.54, 1.807) is 24.5 Å². The lowest BCUT2D eigenvalue weighted by molar-refractivity contribution is 0.187. The van der Waals surface area contributed by atoms with E-state index in [4.69, 9.17) is 0 Å². The highest BCUT2D eigenvalue weighted by Gasteiger charge is 2.06. The molecule has 0 bridgehead atoms. The number of nitrogens with zero attached hydrogens (tertiary/aromatic N) is 2. The number of pyridine rings is 1. The summed E-state index contributed by atoms with van der Waals surface area (Å²) in [5, 5.41) is 16.5. The molecule has 21 heavy (non-hydrogen) atoms. The van der Waals surface area contributed by atoms with Crippen LogP contribution in [-0.2, 0) is 0 Å². The normalized spacial score (nSPS) is 12.7. The van der Waals surface area contributed by atoms with E-state index in [1.165, 1.54) is 0 Å². The Balaban J connectivity index is 0.00000400. The van der Waals surface area contributed by atoms with Crippen molar-refractivity contribution in [1.29, 1.82) is 0 Å². The molecule has 1 heterocycles. The zero-order valence-electron chi connectivity index (χ0n) is 13.0. The largest absolute Gasteiger partial charge is 0.386 e. The minimum atomic E-state index is -0.599. The van der Waals surface area contributed by atoms with Crippen LogP contribution in [-0.4, -0.2) is 35.7 Å². The van der Waals surface area contributed by atoms with Gasteiger partial charge in [-0.05, 0) is 37.0 Å². The number of nitrogens with one attached hydrogen (secondary N) is 2. The summed E-state index contributed by atoms with van der Waals surface area (Å²) >= 11 is 0. The van der Waals surface area contributed by atoms with E-state index < -0.39 is 6.10 Å². The van der Waals surface area contributed by atoms with Gasteiger partial charge in [0.1, 0.15) is 0 Å². The van der Waals surface area contributed by atoms with E-state index in [0.717, 1.165) is 31.0 Å². The first-order valence-electron chi connectivity index (χ1n) is 7.23. The minimum absolute atomic E-state index is 0. The number of aromatic nitrogens is 1.